The normalized spacial score (nSPS) is 10.9. The van der Waals surface area contributed by atoms with Gasteiger partial charge in [-0.15, -0.1) is 0 Å². The van der Waals surface area contributed by atoms with Crippen molar-refractivity contribution >= 4 is 27.3 Å². The van der Waals surface area contributed by atoms with E-state index in [2.05, 4.69) is 52.8 Å². The van der Waals surface area contributed by atoms with E-state index >= 15 is 0 Å². The molecule has 0 spiro atoms. The van der Waals surface area contributed by atoms with E-state index in [9.17, 15) is 0 Å². The topological polar surface area (TPSA) is 32.5 Å². The van der Waals surface area contributed by atoms with Crippen LogP contribution in [0.3, 0.4) is 0 Å². The second-order valence-corrected chi connectivity index (χ2v) is 5.36. The third kappa shape index (κ3) is 4.56. The summed E-state index contributed by atoms with van der Waals surface area (Å²) in [6, 6.07) is 6.01. The molecule has 0 aliphatic rings. The number of nitrogens with two attached hydrogens (primary N) is 1. The number of benzene rings is 1. The lowest BCUT2D eigenvalue weighted by Crippen LogP contribution is -2.32. The van der Waals surface area contributed by atoms with Gasteiger partial charge in [0.1, 0.15) is 0 Å². The maximum absolute atomic E-state index is 5.77. The number of hydrogen-bond acceptors (Lipinski definition) is 3. The monoisotopic (exact) mass is 299 g/mol. The molecular formula is C13H22BrN3. The van der Waals surface area contributed by atoms with Crippen LogP contribution in [0, 0.1) is 0 Å². The Bertz CT molecular complexity index is 353. The molecule has 0 bridgehead atoms. The smallest absolute Gasteiger partial charge is 0.0512 e. The second-order valence-electron chi connectivity index (χ2n) is 4.50. The third-order valence-corrected chi connectivity index (χ3v) is 3.26. The Labute approximate surface area is 113 Å². The first-order chi connectivity index (χ1) is 8.04. The molecular weight excluding hydrogens is 278 g/mol. The van der Waals surface area contributed by atoms with Crippen LogP contribution in [0.1, 0.15) is 13.3 Å². The fourth-order valence-corrected chi connectivity index (χ4v) is 2.37. The third-order valence-electron chi connectivity index (χ3n) is 2.62. The van der Waals surface area contributed by atoms with E-state index in [-0.39, 0.29) is 0 Å². The Hall–Kier alpha value is -0.740. The van der Waals surface area contributed by atoms with Gasteiger partial charge in [-0.25, -0.2) is 0 Å². The quantitative estimate of drug-likeness (QED) is 0.820. The van der Waals surface area contributed by atoms with Gasteiger partial charge in [0.15, 0.2) is 0 Å². The summed E-state index contributed by atoms with van der Waals surface area (Å²) >= 11 is 3.59. The first-order valence-electron chi connectivity index (χ1n) is 5.99. The van der Waals surface area contributed by atoms with Gasteiger partial charge < -0.3 is 15.5 Å². The molecule has 0 aliphatic heterocycles. The van der Waals surface area contributed by atoms with Gasteiger partial charge in [0.05, 0.1) is 5.69 Å². The van der Waals surface area contributed by atoms with E-state index < -0.39 is 0 Å². The minimum Gasteiger partial charge on any atom is -0.399 e. The molecule has 0 unspecified atom stereocenters. The standard InChI is InChI=1S/C13H22BrN3/c1-4-7-17(9-8-16(2)3)13-6-5-11(15)10-12(13)14/h5-6,10H,4,7-9,15H2,1-3H3. The number of halogens is 1. The SMILES string of the molecule is CCCN(CCN(C)C)c1ccc(N)cc1Br. The van der Waals surface area contributed by atoms with Crippen LogP contribution in [0.25, 0.3) is 0 Å². The minimum absolute atomic E-state index is 0.796. The largest absolute Gasteiger partial charge is 0.399 e. The molecule has 4 heteroatoms. The van der Waals surface area contributed by atoms with Crippen LogP contribution >= 0.6 is 15.9 Å². The first kappa shape index (κ1) is 14.3. The number of rotatable bonds is 6. The molecule has 0 saturated carbocycles. The number of nitrogen functional groups attached to an aromatic ring is 1. The Morgan fingerprint density at radius 3 is 2.41 bits per heavy atom. The minimum atomic E-state index is 0.796. The van der Waals surface area contributed by atoms with Crippen molar-refractivity contribution in [3.63, 3.8) is 0 Å². The summed E-state index contributed by atoms with van der Waals surface area (Å²) in [5.74, 6) is 0. The number of nitrogens with zero attached hydrogens (tertiary/aromatic N) is 2. The molecule has 3 nitrogen and oxygen atoms in total. The van der Waals surface area contributed by atoms with Crippen LogP contribution in [0.4, 0.5) is 11.4 Å². The zero-order valence-electron chi connectivity index (χ0n) is 10.9. The van der Waals surface area contributed by atoms with E-state index in [1.807, 2.05) is 12.1 Å². The highest BCUT2D eigenvalue weighted by Crippen LogP contribution is 2.28. The van der Waals surface area contributed by atoms with E-state index in [1.165, 1.54) is 5.69 Å². The summed E-state index contributed by atoms with van der Waals surface area (Å²) in [4.78, 5) is 4.59. The van der Waals surface area contributed by atoms with Gasteiger partial charge in [0, 0.05) is 29.8 Å². The van der Waals surface area contributed by atoms with Gasteiger partial charge in [0.25, 0.3) is 0 Å². The maximum atomic E-state index is 5.77. The average molecular weight is 300 g/mol. The van der Waals surface area contributed by atoms with Crippen molar-refractivity contribution in [3.05, 3.63) is 22.7 Å². The van der Waals surface area contributed by atoms with E-state index in [0.717, 1.165) is 36.2 Å². The highest BCUT2D eigenvalue weighted by atomic mass is 79.9. The van der Waals surface area contributed by atoms with Gasteiger partial charge in [-0.1, -0.05) is 6.92 Å². The molecule has 1 aromatic carbocycles. The molecule has 1 aromatic rings. The van der Waals surface area contributed by atoms with Gasteiger partial charge in [-0.2, -0.15) is 0 Å². The van der Waals surface area contributed by atoms with Crippen LogP contribution in [0.5, 0.6) is 0 Å². The lowest BCUT2D eigenvalue weighted by atomic mass is 10.2. The van der Waals surface area contributed by atoms with Crippen LogP contribution < -0.4 is 10.6 Å². The molecule has 0 radical (unpaired) electrons. The molecule has 96 valence electrons. The molecule has 17 heavy (non-hydrogen) atoms. The number of hydrogen-bond donors (Lipinski definition) is 1. The molecule has 2 N–H and O–H groups in total. The lowest BCUT2D eigenvalue weighted by molar-refractivity contribution is 0.413. The summed E-state index contributed by atoms with van der Waals surface area (Å²) in [6.45, 7) is 5.35. The molecule has 1 rings (SSSR count). The Morgan fingerprint density at radius 2 is 1.88 bits per heavy atom. The zero-order valence-corrected chi connectivity index (χ0v) is 12.5. The van der Waals surface area contributed by atoms with Crippen LogP contribution in [-0.2, 0) is 0 Å². The van der Waals surface area contributed by atoms with E-state index in [1.54, 1.807) is 0 Å². The van der Waals surface area contributed by atoms with Crippen molar-refractivity contribution in [3.8, 4) is 0 Å². The fraction of sp³-hybridized carbons (Fsp3) is 0.538. The number of likely N-dealkylation sites (N-methyl/N-ethyl adjacent to an activating group) is 1. The van der Waals surface area contributed by atoms with Crippen molar-refractivity contribution in [2.24, 2.45) is 0 Å². The van der Waals surface area contributed by atoms with Gasteiger partial charge in [0.2, 0.25) is 0 Å². The number of anilines is 2. The summed E-state index contributed by atoms with van der Waals surface area (Å²) < 4.78 is 1.07. The molecule has 0 aromatic heterocycles. The fourth-order valence-electron chi connectivity index (χ4n) is 1.72. The predicted octanol–water partition coefficient (Wildman–Crippen LogP) is 2.81. The summed E-state index contributed by atoms with van der Waals surface area (Å²) in [5.41, 5.74) is 7.79. The molecule has 0 aliphatic carbocycles. The summed E-state index contributed by atoms with van der Waals surface area (Å²) in [7, 11) is 4.20. The summed E-state index contributed by atoms with van der Waals surface area (Å²) in [5, 5.41) is 0. The highest BCUT2D eigenvalue weighted by molar-refractivity contribution is 9.10. The van der Waals surface area contributed by atoms with E-state index in [4.69, 9.17) is 5.73 Å². The van der Waals surface area contributed by atoms with Crippen molar-refractivity contribution < 1.29 is 0 Å². The second kappa shape index (κ2) is 6.87. The van der Waals surface area contributed by atoms with Crippen molar-refractivity contribution in [1.82, 2.24) is 4.90 Å². The molecule has 0 fully saturated rings. The van der Waals surface area contributed by atoms with E-state index in [0.29, 0.717) is 0 Å². The molecule has 0 atom stereocenters. The Balaban J connectivity index is 2.81. The first-order valence-corrected chi connectivity index (χ1v) is 6.78. The highest BCUT2D eigenvalue weighted by Gasteiger charge is 2.09. The lowest BCUT2D eigenvalue weighted by Gasteiger charge is -2.27. The van der Waals surface area contributed by atoms with Gasteiger partial charge in [-0.05, 0) is 54.6 Å². The van der Waals surface area contributed by atoms with Crippen LogP contribution in [0.2, 0.25) is 0 Å². The van der Waals surface area contributed by atoms with Gasteiger partial charge in [-0.3, -0.25) is 0 Å². The Kier molecular flexibility index (Phi) is 5.78. The maximum Gasteiger partial charge on any atom is 0.0512 e. The zero-order chi connectivity index (χ0) is 12.8. The van der Waals surface area contributed by atoms with Crippen molar-refractivity contribution in [2.45, 2.75) is 13.3 Å². The molecule has 0 saturated heterocycles. The molecule has 0 heterocycles. The van der Waals surface area contributed by atoms with Crippen LogP contribution in [-0.4, -0.2) is 38.6 Å². The average Bonchev–Trinajstić information content (AvgIpc) is 2.24. The van der Waals surface area contributed by atoms with Crippen LogP contribution in [0.15, 0.2) is 22.7 Å². The Morgan fingerprint density at radius 1 is 1.18 bits per heavy atom. The molecule has 0 amide bonds. The van der Waals surface area contributed by atoms with Crippen molar-refractivity contribution in [2.75, 3.05) is 44.4 Å². The van der Waals surface area contributed by atoms with Crippen molar-refractivity contribution in [1.29, 1.82) is 0 Å². The predicted molar refractivity (Wildman–Crippen MR) is 79.6 cm³/mol. The summed E-state index contributed by atoms with van der Waals surface area (Å²) in [6.07, 6.45) is 1.14. The van der Waals surface area contributed by atoms with Gasteiger partial charge >= 0.3 is 0 Å².